The largest absolute Gasteiger partial charge is 1.00 e. The van der Waals surface area contributed by atoms with Crippen LogP contribution in [0.4, 0.5) is 27.5 Å². The zero-order valence-electron chi connectivity index (χ0n) is 26.8. The zero-order valence-corrected chi connectivity index (χ0v) is 28.9. The fourth-order valence-corrected chi connectivity index (χ4v) is 5.00. The van der Waals surface area contributed by atoms with Crippen LogP contribution in [0, 0.1) is 6.92 Å². The normalized spacial score (nSPS) is 15.5. The minimum absolute atomic E-state index is 0. The van der Waals surface area contributed by atoms with Gasteiger partial charge >= 0.3 is 57.4 Å². The van der Waals surface area contributed by atoms with Gasteiger partial charge in [0.1, 0.15) is 0 Å². The predicted octanol–water partition coefficient (Wildman–Crippen LogP) is 1.97. The van der Waals surface area contributed by atoms with Gasteiger partial charge in [-0.2, -0.15) is 0 Å². The summed E-state index contributed by atoms with van der Waals surface area (Å²) in [7, 11) is 3.86. The van der Waals surface area contributed by atoms with Gasteiger partial charge in [-0.05, 0) is 63.2 Å². The second-order valence-electron chi connectivity index (χ2n) is 10.3. The Labute approximate surface area is 297 Å². The molecule has 10 nitrogen and oxygen atoms in total. The molecule has 4 amide bonds. The summed E-state index contributed by atoms with van der Waals surface area (Å²) < 4.78 is 11.5. The molecular formula is C32H40KN5O5. The number of rotatable bonds is 12. The Kier molecular flexibility index (Phi) is 12.8. The van der Waals surface area contributed by atoms with Crippen molar-refractivity contribution in [1.82, 2.24) is 5.32 Å². The van der Waals surface area contributed by atoms with Crippen LogP contribution in [0.5, 0.6) is 0 Å². The molecule has 0 aromatic heterocycles. The third-order valence-corrected chi connectivity index (χ3v) is 7.03. The second kappa shape index (κ2) is 15.8. The molecule has 43 heavy (non-hydrogen) atoms. The quantitative estimate of drug-likeness (QED) is 0.213. The summed E-state index contributed by atoms with van der Waals surface area (Å²) >= 11 is 0. The number of anilines is 4. The van der Waals surface area contributed by atoms with Gasteiger partial charge in [-0.1, -0.05) is 35.9 Å². The van der Waals surface area contributed by atoms with E-state index in [9.17, 15) is 14.4 Å². The van der Waals surface area contributed by atoms with Crippen LogP contribution >= 0.6 is 0 Å². The van der Waals surface area contributed by atoms with Crippen LogP contribution in [-0.2, 0) is 24.6 Å². The summed E-state index contributed by atoms with van der Waals surface area (Å²) in [6, 6.07) is 21.2. The number of fused-ring (bicyclic) bond motifs is 1. The molecule has 0 radical (unpaired) electrons. The first-order chi connectivity index (χ1) is 20.2. The standard InChI is InChI=1S/C32H39N5O5.K.H/c1-6-41-29(42-7-2)21-37-27-11-9-8-10-26(27)32(30(37)39,35-31(40)34-24-14-12-22(3)13-15-24)20-28(38)33-23-16-18-25(19-17-23)36(4)5;;/h8-19,29H,6-7,20-21H2,1-5H3,(H,33,38)(H2,34,35,40);;/q;+1;-1. The second-order valence-corrected chi connectivity index (χ2v) is 10.3. The van der Waals surface area contributed by atoms with E-state index in [0.717, 1.165) is 11.3 Å². The number of ether oxygens (including phenoxy) is 2. The zero-order chi connectivity index (χ0) is 30.3. The van der Waals surface area contributed by atoms with Gasteiger partial charge in [0.15, 0.2) is 11.8 Å². The molecule has 224 valence electrons. The molecule has 0 saturated carbocycles. The number of aryl methyl sites for hydroxylation is 1. The maximum atomic E-state index is 14.4. The minimum atomic E-state index is -1.68. The fraction of sp³-hybridized carbons (Fsp3) is 0.344. The summed E-state index contributed by atoms with van der Waals surface area (Å²) in [5.41, 5.74) is 2.57. The van der Waals surface area contributed by atoms with E-state index in [1.807, 2.05) is 70.1 Å². The molecule has 0 fully saturated rings. The number of hydrogen-bond acceptors (Lipinski definition) is 6. The Morgan fingerprint density at radius 1 is 0.907 bits per heavy atom. The number of hydrogen-bond donors (Lipinski definition) is 3. The van der Waals surface area contributed by atoms with Crippen molar-refractivity contribution in [3.63, 3.8) is 0 Å². The van der Waals surface area contributed by atoms with E-state index >= 15 is 0 Å². The van der Waals surface area contributed by atoms with E-state index < -0.39 is 29.7 Å². The Balaban J connectivity index is 0.00000337. The molecule has 4 rings (SSSR count). The van der Waals surface area contributed by atoms with E-state index in [4.69, 9.17) is 9.47 Å². The molecule has 1 aliphatic rings. The molecule has 3 N–H and O–H groups in total. The van der Waals surface area contributed by atoms with Crippen molar-refractivity contribution in [1.29, 1.82) is 0 Å². The molecule has 1 unspecified atom stereocenters. The molecular weight excluding hydrogens is 573 g/mol. The molecule has 0 bridgehead atoms. The van der Waals surface area contributed by atoms with Gasteiger partial charge < -0.3 is 36.7 Å². The SMILES string of the molecule is CCOC(CN1C(=O)C(CC(=O)Nc2ccc(N(C)C)cc2)(NC(=O)Nc2ccc(C)cc2)c2ccccc21)OCC.[H-].[K+]. The number of carbonyl (C=O) groups is 3. The Bertz CT molecular complexity index is 1400. The summed E-state index contributed by atoms with van der Waals surface area (Å²) in [6.45, 7) is 6.53. The topological polar surface area (TPSA) is 112 Å². The molecule has 1 heterocycles. The van der Waals surface area contributed by atoms with Crippen LogP contribution in [0.15, 0.2) is 72.8 Å². The Morgan fingerprint density at radius 3 is 2.09 bits per heavy atom. The summed E-state index contributed by atoms with van der Waals surface area (Å²) in [5.74, 6) is -0.885. The van der Waals surface area contributed by atoms with Crippen molar-refractivity contribution in [3.8, 4) is 0 Å². The molecule has 3 aromatic carbocycles. The smallest absolute Gasteiger partial charge is 1.00 e. The van der Waals surface area contributed by atoms with Gasteiger partial charge in [-0.3, -0.25) is 9.59 Å². The van der Waals surface area contributed by atoms with E-state index in [2.05, 4.69) is 16.0 Å². The molecule has 0 saturated heterocycles. The number of carbonyl (C=O) groups excluding carboxylic acids is 3. The number of nitrogens with zero attached hydrogens (tertiary/aromatic N) is 2. The number of benzene rings is 3. The Hall–Kier alpha value is -2.77. The first-order valence-corrected chi connectivity index (χ1v) is 14.0. The third-order valence-electron chi connectivity index (χ3n) is 7.03. The maximum absolute atomic E-state index is 14.4. The average molecular weight is 614 g/mol. The number of nitrogens with one attached hydrogen (secondary N) is 3. The first-order valence-electron chi connectivity index (χ1n) is 14.0. The number of amides is 4. The molecule has 0 spiro atoms. The van der Waals surface area contributed by atoms with Gasteiger partial charge in [-0.15, -0.1) is 0 Å². The van der Waals surface area contributed by atoms with Crippen LogP contribution in [0.25, 0.3) is 0 Å². The van der Waals surface area contributed by atoms with Crippen LogP contribution < -0.4 is 77.1 Å². The third kappa shape index (κ3) is 8.45. The monoisotopic (exact) mass is 613 g/mol. The fourth-order valence-electron chi connectivity index (χ4n) is 5.00. The van der Waals surface area contributed by atoms with Crippen LogP contribution in [0.3, 0.4) is 0 Å². The van der Waals surface area contributed by atoms with Gasteiger partial charge in [0.2, 0.25) is 5.91 Å². The van der Waals surface area contributed by atoms with Crippen molar-refractivity contribution in [2.75, 3.05) is 54.3 Å². The van der Waals surface area contributed by atoms with Crippen molar-refractivity contribution < 1.29 is 76.7 Å². The average Bonchev–Trinajstić information content (AvgIpc) is 3.17. The molecule has 1 aliphatic heterocycles. The van der Waals surface area contributed by atoms with Crippen LogP contribution in [0.2, 0.25) is 0 Å². The molecule has 11 heteroatoms. The summed E-state index contributed by atoms with van der Waals surface area (Å²) in [4.78, 5) is 44.8. The minimum Gasteiger partial charge on any atom is -1.00 e. The predicted molar refractivity (Wildman–Crippen MR) is 166 cm³/mol. The summed E-state index contributed by atoms with van der Waals surface area (Å²) in [5, 5.41) is 8.57. The summed E-state index contributed by atoms with van der Waals surface area (Å²) in [6.07, 6.45) is -1.01. The first kappa shape index (κ1) is 34.7. The van der Waals surface area contributed by atoms with E-state index in [1.54, 1.807) is 42.5 Å². The molecule has 1 atom stereocenters. The molecule has 0 aliphatic carbocycles. The van der Waals surface area contributed by atoms with Crippen molar-refractivity contribution in [3.05, 3.63) is 83.9 Å². The van der Waals surface area contributed by atoms with Crippen LogP contribution in [0.1, 0.15) is 32.8 Å². The van der Waals surface area contributed by atoms with Crippen LogP contribution in [-0.4, -0.2) is 58.0 Å². The van der Waals surface area contributed by atoms with E-state index in [0.29, 0.717) is 35.8 Å². The number of urea groups is 1. The van der Waals surface area contributed by atoms with Crippen molar-refractivity contribution in [2.45, 2.75) is 39.0 Å². The number of para-hydroxylation sites is 1. The van der Waals surface area contributed by atoms with Gasteiger partial charge in [0, 0.05) is 49.9 Å². The Morgan fingerprint density at radius 2 is 1.49 bits per heavy atom. The maximum Gasteiger partial charge on any atom is 1.00 e. The molecule has 3 aromatic rings. The van der Waals surface area contributed by atoms with E-state index in [1.165, 1.54) is 4.90 Å². The van der Waals surface area contributed by atoms with Gasteiger partial charge in [0.25, 0.3) is 5.91 Å². The van der Waals surface area contributed by atoms with E-state index in [-0.39, 0.29) is 65.8 Å². The van der Waals surface area contributed by atoms with Gasteiger partial charge in [-0.25, -0.2) is 4.79 Å². The van der Waals surface area contributed by atoms with Crippen molar-refractivity contribution in [2.24, 2.45) is 0 Å². The van der Waals surface area contributed by atoms with Crippen molar-refractivity contribution >= 4 is 40.6 Å². The van der Waals surface area contributed by atoms with Gasteiger partial charge in [0.05, 0.1) is 18.7 Å².